The molecule has 6 nitrogen and oxygen atoms in total. The molecule has 7 aliphatic carbocycles. The molecule has 6 heteroatoms. The Kier molecular flexibility index (Phi) is 5.38. The third-order valence-corrected chi connectivity index (χ3v) is 9.07. The van der Waals surface area contributed by atoms with Crippen molar-refractivity contribution in [1.82, 2.24) is 10.6 Å². The van der Waals surface area contributed by atoms with Gasteiger partial charge in [0.15, 0.2) is 0 Å². The lowest BCUT2D eigenvalue weighted by atomic mass is 9.49. The van der Waals surface area contributed by atoms with Gasteiger partial charge in [0.05, 0.1) is 18.9 Å². The van der Waals surface area contributed by atoms with Gasteiger partial charge in [-0.05, 0) is 93.3 Å². The quantitative estimate of drug-likeness (QED) is 0.503. The second kappa shape index (κ2) is 7.93. The summed E-state index contributed by atoms with van der Waals surface area (Å²) in [6.07, 6.45) is 14.1. The van der Waals surface area contributed by atoms with Gasteiger partial charge in [0.25, 0.3) is 0 Å². The lowest BCUT2D eigenvalue weighted by molar-refractivity contribution is -0.147. The van der Waals surface area contributed by atoms with E-state index in [-0.39, 0.29) is 35.0 Å². The second-order valence-electron chi connectivity index (χ2n) is 11.2. The minimum Gasteiger partial charge on any atom is -0.467 e. The van der Waals surface area contributed by atoms with E-state index >= 15 is 0 Å². The molecule has 5 fully saturated rings. The molecule has 31 heavy (non-hydrogen) atoms. The molecular weight excluding hydrogens is 392 g/mol. The number of carbonyl (C=O) groups is 3. The topological polar surface area (TPSA) is 84.5 Å². The van der Waals surface area contributed by atoms with Crippen molar-refractivity contribution in [2.45, 2.75) is 64.3 Å². The van der Waals surface area contributed by atoms with Crippen molar-refractivity contribution in [3.8, 4) is 0 Å². The van der Waals surface area contributed by atoms with Gasteiger partial charge in [0.1, 0.15) is 6.04 Å². The zero-order valence-electron chi connectivity index (χ0n) is 18.8. The van der Waals surface area contributed by atoms with Crippen molar-refractivity contribution >= 4 is 17.8 Å². The summed E-state index contributed by atoms with van der Waals surface area (Å²) in [4.78, 5) is 38.4. The standard InChI is InChI=1S/C25H36N2O4/c1-14(24(30)31-2)27-23(29)21-19-5-3-18(4-6-19)20(21)22(28)26-13-25-10-15-7-16(11-25)9-17(8-15)12-25/h3,5,14-21H,4,6-13H2,1-2H3,(H,26,28)(H,27,29). The van der Waals surface area contributed by atoms with Gasteiger partial charge in [0, 0.05) is 6.54 Å². The smallest absolute Gasteiger partial charge is 0.328 e. The summed E-state index contributed by atoms with van der Waals surface area (Å²) in [5.74, 6) is 1.34. The largest absolute Gasteiger partial charge is 0.467 e. The first-order valence-corrected chi connectivity index (χ1v) is 12.2. The van der Waals surface area contributed by atoms with Gasteiger partial charge in [-0.25, -0.2) is 4.79 Å². The van der Waals surface area contributed by atoms with E-state index in [2.05, 4.69) is 22.8 Å². The van der Waals surface area contributed by atoms with Crippen molar-refractivity contribution in [2.24, 2.45) is 46.8 Å². The lowest BCUT2D eigenvalue weighted by Crippen LogP contribution is -2.56. The van der Waals surface area contributed by atoms with Gasteiger partial charge < -0.3 is 15.4 Å². The molecule has 5 unspecified atom stereocenters. The zero-order valence-corrected chi connectivity index (χ0v) is 18.8. The minimum atomic E-state index is -0.710. The monoisotopic (exact) mass is 428 g/mol. The molecule has 0 aromatic carbocycles. The lowest BCUT2D eigenvalue weighted by Gasteiger charge is -2.57. The maximum absolute atomic E-state index is 13.5. The molecule has 170 valence electrons. The highest BCUT2D eigenvalue weighted by atomic mass is 16.5. The Morgan fingerprint density at radius 3 is 1.94 bits per heavy atom. The Hall–Kier alpha value is -1.85. The summed E-state index contributed by atoms with van der Waals surface area (Å²) < 4.78 is 4.75. The highest BCUT2D eigenvalue weighted by molar-refractivity contribution is 5.91. The Morgan fingerprint density at radius 1 is 0.935 bits per heavy atom. The van der Waals surface area contributed by atoms with Crippen LogP contribution in [-0.4, -0.2) is 37.5 Å². The average Bonchev–Trinajstić information content (AvgIpc) is 2.76. The fourth-order valence-electron chi connectivity index (χ4n) is 8.15. The Balaban J connectivity index is 1.27. The molecule has 0 radical (unpaired) electrons. The van der Waals surface area contributed by atoms with Crippen LogP contribution >= 0.6 is 0 Å². The van der Waals surface area contributed by atoms with Gasteiger partial charge in [-0.15, -0.1) is 0 Å². The number of allylic oxidation sites excluding steroid dienone is 2. The van der Waals surface area contributed by atoms with Gasteiger partial charge >= 0.3 is 5.97 Å². The molecule has 0 spiro atoms. The predicted molar refractivity (Wildman–Crippen MR) is 116 cm³/mol. The SMILES string of the molecule is COC(=O)C(C)NC(=O)C1C2C=CC(CC2)C1C(=O)NCC12CC3CC(CC(C3)C1)C2. The van der Waals surface area contributed by atoms with Gasteiger partial charge in [-0.2, -0.15) is 0 Å². The second-order valence-corrected chi connectivity index (χ2v) is 11.2. The maximum Gasteiger partial charge on any atom is 0.328 e. The first-order chi connectivity index (χ1) is 14.9. The van der Waals surface area contributed by atoms with Crippen LogP contribution in [0, 0.1) is 46.8 Å². The van der Waals surface area contributed by atoms with Crippen LogP contribution in [0.15, 0.2) is 12.2 Å². The summed E-state index contributed by atoms with van der Waals surface area (Å²) in [5, 5.41) is 6.12. The summed E-state index contributed by atoms with van der Waals surface area (Å²) in [6.45, 7) is 2.39. The van der Waals surface area contributed by atoms with E-state index in [1.165, 1.54) is 45.6 Å². The summed E-state index contributed by atoms with van der Waals surface area (Å²) in [7, 11) is 1.32. The van der Waals surface area contributed by atoms with Crippen molar-refractivity contribution in [1.29, 1.82) is 0 Å². The number of ether oxygens (including phenoxy) is 1. The summed E-state index contributed by atoms with van der Waals surface area (Å²) in [6, 6.07) is -0.710. The summed E-state index contributed by atoms with van der Waals surface area (Å²) in [5.41, 5.74) is 0.283. The van der Waals surface area contributed by atoms with Crippen molar-refractivity contribution < 1.29 is 19.1 Å². The van der Waals surface area contributed by atoms with Crippen LogP contribution in [0.5, 0.6) is 0 Å². The Bertz CT molecular complexity index is 755. The number of hydrogen-bond acceptors (Lipinski definition) is 4. The number of methoxy groups -OCH3 is 1. The zero-order chi connectivity index (χ0) is 21.8. The Morgan fingerprint density at radius 2 is 1.45 bits per heavy atom. The van der Waals surface area contributed by atoms with Crippen LogP contribution in [0.2, 0.25) is 0 Å². The molecule has 5 saturated carbocycles. The molecule has 0 aromatic heterocycles. The molecule has 7 aliphatic rings. The fraction of sp³-hybridized carbons (Fsp3) is 0.800. The molecule has 6 bridgehead atoms. The molecule has 2 N–H and O–H groups in total. The maximum atomic E-state index is 13.5. The van der Waals surface area contributed by atoms with E-state index in [9.17, 15) is 14.4 Å². The number of esters is 1. The molecular formula is C25H36N2O4. The average molecular weight is 429 g/mol. The molecule has 5 atom stereocenters. The first kappa shape index (κ1) is 21.0. The molecule has 0 aromatic rings. The summed E-state index contributed by atoms with van der Waals surface area (Å²) >= 11 is 0. The Labute approximate surface area is 184 Å². The third-order valence-electron chi connectivity index (χ3n) is 9.07. The van der Waals surface area contributed by atoms with Crippen molar-refractivity contribution in [2.75, 3.05) is 13.7 Å². The number of hydrogen-bond donors (Lipinski definition) is 2. The number of rotatable bonds is 6. The highest BCUT2D eigenvalue weighted by Gasteiger charge is 2.52. The number of carbonyl (C=O) groups excluding carboxylic acids is 3. The fourth-order valence-corrected chi connectivity index (χ4v) is 8.15. The molecule has 0 heterocycles. The number of amides is 2. The molecule has 2 amide bonds. The van der Waals surface area contributed by atoms with Crippen LogP contribution in [0.3, 0.4) is 0 Å². The normalized spacial score (nSPS) is 42.8. The highest BCUT2D eigenvalue weighted by Crippen LogP contribution is 2.59. The van der Waals surface area contributed by atoms with Gasteiger partial charge in [-0.1, -0.05) is 12.2 Å². The minimum absolute atomic E-state index is 0.0284. The predicted octanol–water partition coefficient (Wildman–Crippen LogP) is 2.83. The van der Waals surface area contributed by atoms with E-state index in [1.54, 1.807) is 6.92 Å². The number of nitrogens with one attached hydrogen (secondary N) is 2. The van der Waals surface area contributed by atoms with Gasteiger partial charge in [0.2, 0.25) is 11.8 Å². The van der Waals surface area contributed by atoms with Crippen LogP contribution in [0.25, 0.3) is 0 Å². The number of fused-ring (bicyclic) bond motifs is 2. The van der Waals surface area contributed by atoms with Crippen molar-refractivity contribution in [3.63, 3.8) is 0 Å². The third kappa shape index (κ3) is 3.80. The molecule has 7 rings (SSSR count). The molecule has 0 aliphatic heterocycles. The first-order valence-electron chi connectivity index (χ1n) is 12.2. The van der Waals surface area contributed by atoms with Crippen LogP contribution in [0.1, 0.15) is 58.3 Å². The van der Waals surface area contributed by atoms with E-state index in [1.807, 2.05) is 0 Å². The van der Waals surface area contributed by atoms with E-state index < -0.39 is 17.9 Å². The van der Waals surface area contributed by atoms with E-state index in [4.69, 9.17) is 4.74 Å². The van der Waals surface area contributed by atoms with Gasteiger partial charge in [-0.3, -0.25) is 9.59 Å². The van der Waals surface area contributed by atoms with Crippen LogP contribution in [-0.2, 0) is 19.1 Å². The van der Waals surface area contributed by atoms with Crippen LogP contribution < -0.4 is 10.6 Å². The van der Waals surface area contributed by atoms with Crippen LogP contribution in [0.4, 0.5) is 0 Å². The molecule has 0 saturated heterocycles. The van der Waals surface area contributed by atoms with Crippen molar-refractivity contribution in [3.05, 3.63) is 12.2 Å². The van der Waals surface area contributed by atoms with E-state index in [0.29, 0.717) is 0 Å². The van der Waals surface area contributed by atoms with E-state index in [0.717, 1.165) is 37.1 Å².